The lowest BCUT2D eigenvalue weighted by Crippen LogP contribution is -2.24. The fourth-order valence-corrected chi connectivity index (χ4v) is 2.33. The van der Waals surface area contributed by atoms with Crippen LogP contribution in [0.1, 0.15) is 28.9 Å². The molecule has 0 saturated heterocycles. The molecule has 2 aromatic rings. The lowest BCUT2D eigenvalue weighted by atomic mass is 9.93. The fraction of sp³-hybridized carbons (Fsp3) is 0.286. The molecule has 0 saturated carbocycles. The van der Waals surface area contributed by atoms with E-state index in [0.29, 0.717) is 17.3 Å². The second-order valence-corrected chi connectivity index (χ2v) is 4.63. The molecule has 0 aliphatic carbocycles. The van der Waals surface area contributed by atoms with Crippen LogP contribution in [0.3, 0.4) is 0 Å². The van der Waals surface area contributed by atoms with E-state index < -0.39 is 0 Å². The lowest BCUT2D eigenvalue weighted by Gasteiger charge is -2.15. The normalized spacial score (nSPS) is 12.4. The van der Waals surface area contributed by atoms with E-state index in [1.165, 1.54) is 6.20 Å². The minimum absolute atomic E-state index is 0.0851. The van der Waals surface area contributed by atoms with Gasteiger partial charge in [-0.1, -0.05) is 41.9 Å². The van der Waals surface area contributed by atoms with Crippen LogP contribution in [0, 0.1) is 0 Å². The summed E-state index contributed by atoms with van der Waals surface area (Å²) < 4.78 is 1.61. The van der Waals surface area contributed by atoms with Gasteiger partial charge in [0.05, 0.1) is 17.1 Å². The van der Waals surface area contributed by atoms with Crippen molar-refractivity contribution in [2.24, 2.45) is 5.73 Å². The highest BCUT2D eigenvalue weighted by molar-refractivity contribution is 6.33. The maximum Gasteiger partial charge on any atom is 0.191 e. The Morgan fingerprint density at radius 2 is 2.11 bits per heavy atom. The van der Waals surface area contributed by atoms with E-state index in [1.54, 1.807) is 4.68 Å². The van der Waals surface area contributed by atoms with Gasteiger partial charge in [0.2, 0.25) is 0 Å². The van der Waals surface area contributed by atoms with E-state index in [0.717, 1.165) is 5.56 Å². The molecule has 1 aromatic heterocycles. The molecule has 0 amide bonds. The SMILES string of the molecule is CCn1ncc(Cl)c1C(=O)C(CN)c1ccccc1. The van der Waals surface area contributed by atoms with Gasteiger partial charge in [0.15, 0.2) is 5.78 Å². The number of nitrogens with zero attached hydrogens (tertiary/aromatic N) is 2. The quantitative estimate of drug-likeness (QED) is 0.854. The first kappa shape index (κ1) is 13.8. The molecule has 2 rings (SSSR count). The molecule has 19 heavy (non-hydrogen) atoms. The Morgan fingerprint density at radius 1 is 1.42 bits per heavy atom. The van der Waals surface area contributed by atoms with Crippen molar-refractivity contribution in [2.45, 2.75) is 19.4 Å². The first-order valence-electron chi connectivity index (χ1n) is 6.19. The number of hydrogen-bond acceptors (Lipinski definition) is 3. The van der Waals surface area contributed by atoms with Crippen molar-refractivity contribution in [1.29, 1.82) is 0 Å². The van der Waals surface area contributed by atoms with Gasteiger partial charge >= 0.3 is 0 Å². The van der Waals surface area contributed by atoms with Gasteiger partial charge in [0.25, 0.3) is 0 Å². The van der Waals surface area contributed by atoms with Gasteiger partial charge in [-0.15, -0.1) is 0 Å². The third-order valence-corrected chi connectivity index (χ3v) is 3.36. The van der Waals surface area contributed by atoms with E-state index in [9.17, 15) is 4.79 Å². The molecule has 0 bridgehead atoms. The van der Waals surface area contributed by atoms with Crippen LogP contribution < -0.4 is 5.73 Å². The van der Waals surface area contributed by atoms with Crippen LogP contribution in [0.5, 0.6) is 0 Å². The Kier molecular flexibility index (Phi) is 4.35. The van der Waals surface area contributed by atoms with Crippen molar-refractivity contribution in [3.05, 3.63) is 52.8 Å². The smallest absolute Gasteiger partial charge is 0.191 e. The van der Waals surface area contributed by atoms with Gasteiger partial charge < -0.3 is 5.73 Å². The van der Waals surface area contributed by atoms with Crippen molar-refractivity contribution in [1.82, 2.24) is 9.78 Å². The molecule has 0 aliphatic rings. The van der Waals surface area contributed by atoms with E-state index in [4.69, 9.17) is 17.3 Å². The first-order valence-corrected chi connectivity index (χ1v) is 6.57. The van der Waals surface area contributed by atoms with Gasteiger partial charge in [0.1, 0.15) is 5.69 Å². The van der Waals surface area contributed by atoms with Gasteiger partial charge in [-0.3, -0.25) is 9.48 Å². The first-order chi connectivity index (χ1) is 9.19. The molecule has 100 valence electrons. The summed E-state index contributed by atoms with van der Waals surface area (Å²) in [5, 5.41) is 4.46. The third-order valence-electron chi connectivity index (χ3n) is 3.08. The predicted molar refractivity (Wildman–Crippen MR) is 75.5 cm³/mol. The topological polar surface area (TPSA) is 60.9 Å². The Morgan fingerprint density at radius 3 is 2.68 bits per heavy atom. The van der Waals surface area contributed by atoms with Gasteiger partial charge in [0, 0.05) is 13.1 Å². The Balaban J connectivity index is 2.39. The summed E-state index contributed by atoms with van der Waals surface area (Å²) in [6, 6.07) is 9.49. The number of nitrogens with two attached hydrogens (primary N) is 1. The maximum absolute atomic E-state index is 12.6. The number of Topliss-reactive ketones (excluding diaryl/α,β-unsaturated/α-hetero) is 1. The summed E-state index contributed by atoms with van der Waals surface area (Å²) >= 11 is 6.06. The Labute approximate surface area is 117 Å². The molecule has 0 spiro atoms. The fourth-order valence-electron chi connectivity index (χ4n) is 2.09. The zero-order valence-electron chi connectivity index (χ0n) is 10.7. The lowest BCUT2D eigenvalue weighted by molar-refractivity contribution is 0.0952. The van der Waals surface area contributed by atoms with E-state index in [-0.39, 0.29) is 18.2 Å². The van der Waals surface area contributed by atoms with Gasteiger partial charge in [-0.25, -0.2) is 0 Å². The standard InChI is InChI=1S/C14H16ClN3O/c1-2-18-13(12(15)9-17-18)14(19)11(8-16)10-6-4-3-5-7-10/h3-7,9,11H,2,8,16H2,1H3. The maximum atomic E-state index is 12.6. The third kappa shape index (κ3) is 2.69. The average Bonchev–Trinajstić information content (AvgIpc) is 2.81. The molecular weight excluding hydrogens is 262 g/mol. The van der Waals surface area contributed by atoms with Crippen LogP contribution in [-0.2, 0) is 6.54 Å². The molecule has 0 radical (unpaired) electrons. The molecule has 2 N–H and O–H groups in total. The Hall–Kier alpha value is -1.65. The van der Waals surface area contributed by atoms with Crippen molar-refractivity contribution in [3.63, 3.8) is 0 Å². The number of benzene rings is 1. The molecule has 1 unspecified atom stereocenters. The summed E-state index contributed by atoms with van der Waals surface area (Å²) in [6.07, 6.45) is 1.50. The van der Waals surface area contributed by atoms with Crippen LogP contribution in [0.15, 0.2) is 36.5 Å². The van der Waals surface area contributed by atoms with Gasteiger partial charge in [-0.05, 0) is 12.5 Å². The minimum atomic E-state index is -0.388. The van der Waals surface area contributed by atoms with E-state index in [2.05, 4.69) is 5.10 Å². The van der Waals surface area contributed by atoms with Crippen molar-refractivity contribution in [3.8, 4) is 0 Å². The van der Waals surface area contributed by atoms with Gasteiger partial charge in [-0.2, -0.15) is 5.10 Å². The number of carbonyl (C=O) groups is 1. The molecular formula is C14H16ClN3O. The highest BCUT2D eigenvalue weighted by Crippen LogP contribution is 2.24. The Bertz CT molecular complexity index is 565. The molecule has 1 aromatic carbocycles. The van der Waals surface area contributed by atoms with Crippen LogP contribution in [0.25, 0.3) is 0 Å². The molecule has 1 heterocycles. The van der Waals surface area contributed by atoms with Crippen molar-refractivity contribution >= 4 is 17.4 Å². The minimum Gasteiger partial charge on any atom is -0.329 e. The number of rotatable bonds is 5. The number of aromatic nitrogens is 2. The van der Waals surface area contributed by atoms with Crippen molar-refractivity contribution < 1.29 is 4.79 Å². The summed E-state index contributed by atoms with van der Waals surface area (Å²) in [5.41, 5.74) is 7.09. The molecule has 5 heteroatoms. The second-order valence-electron chi connectivity index (χ2n) is 4.22. The predicted octanol–water partition coefficient (Wildman–Crippen LogP) is 2.48. The van der Waals surface area contributed by atoms with E-state index >= 15 is 0 Å². The molecule has 0 aliphatic heterocycles. The number of aryl methyl sites for hydroxylation is 1. The summed E-state index contributed by atoms with van der Waals surface area (Å²) in [7, 11) is 0. The van der Waals surface area contributed by atoms with Crippen LogP contribution in [0.4, 0.5) is 0 Å². The zero-order valence-corrected chi connectivity index (χ0v) is 11.5. The summed E-state index contributed by atoms with van der Waals surface area (Å²) in [6.45, 7) is 2.76. The molecule has 1 atom stereocenters. The number of ketones is 1. The number of halogens is 1. The molecule has 4 nitrogen and oxygen atoms in total. The largest absolute Gasteiger partial charge is 0.329 e. The second kappa shape index (κ2) is 5.99. The highest BCUT2D eigenvalue weighted by atomic mass is 35.5. The van der Waals surface area contributed by atoms with Crippen molar-refractivity contribution in [2.75, 3.05) is 6.54 Å². The summed E-state index contributed by atoms with van der Waals surface area (Å²) in [5.74, 6) is -0.473. The van der Waals surface area contributed by atoms with E-state index in [1.807, 2.05) is 37.3 Å². The summed E-state index contributed by atoms with van der Waals surface area (Å²) in [4.78, 5) is 12.6. The van der Waals surface area contributed by atoms with Crippen LogP contribution >= 0.6 is 11.6 Å². The number of carbonyl (C=O) groups excluding carboxylic acids is 1. The monoisotopic (exact) mass is 277 g/mol. The number of hydrogen-bond donors (Lipinski definition) is 1. The zero-order chi connectivity index (χ0) is 13.8. The molecule has 0 fully saturated rings. The highest BCUT2D eigenvalue weighted by Gasteiger charge is 2.25. The van der Waals surface area contributed by atoms with Crippen LogP contribution in [0.2, 0.25) is 5.02 Å². The average molecular weight is 278 g/mol. The van der Waals surface area contributed by atoms with Crippen LogP contribution in [-0.4, -0.2) is 22.1 Å².